The van der Waals surface area contributed by atoms with Gasteiger partial charge in [-0.1, -0.05) is 18.2 Å². The Morgan fingerprint density at radius 1 is 0.750 bits per heavy atom. The van der Waals surface area contributed by atoms with Crippen LogP contribution in [0.25, 0.3) is 0 Å². The SMILES string of the molecule is Cc1ccc([N+](=O)[O-])cc1NC(=O)c1cccc(C(=O)Nc2cc([N+](=O)[O-])ccc2C)n1. The van der Waals surface area contributed by atoms with Gasteiger partial charge < -0.3 is 10.6 Å². The largest absolute Gasteiger partial charge is 0.320 e. The molecule has 0 aliphatic rings. The summed E-state index contributed by atoms with van der Waals surface area (Å²) < 4.78 is 0. The normalized spacial score (nSPS) is 10.3. The molecule has 0 spiro atoms. The number of nitro groups is 2. The van der Waals surface area contributed by atoms with E-state index in [2.05, 4.69) is 15.6 Å². The molecule has 0 aliphatic carbocycles. The molecule has 2 N–H and O–H groups in total. The molecule has 1 heterocycles. The maximum absolute atomic E-state index is 12.6. The van der Waals surface area contributed by atoms with Crippen LogP contribution in [0.4, 0.5) is 22.7 Å². The third-order valence-corrected chi connectivity index (χ3v) is 4.57. The number of aromatic nitrogens is 1. The minimum absolute atomic E-state index is 0.0840. The number of carbonyl (C=O) groups excluding carboxylic acids is 2. The Kier molecular flexibility index (Phi) is 6.19. The Hall–Kier alpha value is -4.67. The second-order valence-corrected chi connectivity index (χ2v) is 6.83. The number of benzene rings is 2. The highest BCUT2D eigenvalue weighted by Crippen LogP contribution is 2.23. The molecule has 2 aromatic carbocycles. The van der Waals surface area contributed by atoms with Crippen LogP contribution in [0, 0.1) is 34.1 Å². The van der Waals surface area contributed by atoms with Crippen LogP contribution in [0.15, 0.2) is 54.6 Å². The van der Waals surface area contributed by atoms with Crippen LogP contribution < -0.4 is 10.6 Å². The first-order valence-electron chi connectivity index (χ1n) is 9.25. The van der Waals surface area contributed by atoms with Crippen molar-refractivity contribution in [3.63, 3.8) is 0 Å². The van der Waals surface area contributed by atoms with Gasteiger partial charge in [0.2, 0.25) is 0 Å². The Morgan fingerprint density at radius 3 is 1.53 bits per heavy atom. The molecule has 0 unspecified atom stereocenters. The highest BCUT2D eigenvalue weighted by molar-refractivity contribution is 6.06. The third kappa shape index (κ3) is 4.90. The quantitative estimate of drug-likeness (QED) is 0.437. The topological polar surface area (TPSA) is 157 Å². The first-order valence-corrected chi connectivity index (χ1v) is 9.25. The second kappa shape index (κ2) is 9.00. The van der Waals surface area contributed by atoms with E-state index in [1.54, 1.807) is 13.8 Å². The van der Waals surface area contributed by atoms with Crippen LogP contribution in [0.5, 0.6) is 0 Å². The highest BCUT2D eigenvalue weighted by atomic mass is 16.6. The summed E-state index contributed by atoms with van der Waals surface area (Å²) >= 11 is 0. The van der Waals surface area contributed by atoms with Gasteiger partial charge in [-0.15, -0.1) is 0 Å². The molecule has 0 radical (unpaired) electrons. The standard InChI is InChI=1S/C21H17N5O6/c1-12-6-8-14(25(29)30)10-18(12)23-20(27)16-4-3-5-17(22-16)21(28)24-19-11-15(26(31)32)9-7-13(19)2/h3-11H,1-2H3,(H,23,27)(H,24,28). The van der Waals surface area contributed by atoms with Crippen LogP contribution in [-0.2, 0) is 0 Å². The number of nitrogens with zero attached hydrogens (tertiary/aromatic N) is 3. The smallest absolute Gasteiger partial charge is 0.274 e. The molecule has 0 atom stereocenters. The lowest BCUT2D eigenvalue weighted by Crippen LogP contribution is -2.19. The summed E-state index contributed by atoms with van der Waals surface area (Å²) in [5.74, 6) is -1.32. The van der Waals surface area contributed by atoms with Crippen molar-refractivity contribution in [2.75, 3.05) is 10.6 Å². The number of anilines is 2. The zero-order chi connectivity index (χ0) is 23.4. The molecule has 2 amide bonds. The number of hydrogen-bond acceptors (Lipinski definition) is 7. The van der Waals surface area contributed by atoms with Gasteiger partial charge in [-0.3, -0.25) is 29.8 Å². The van der Waals surface area contributed by atoms with E-state index < -0.39 is 21.7 Å². The first-order chi connectivity index (χ1) is 15.2. The summed E-state index contributed by atoms with van der Waals surface area (Å²) in [5.41, 5.74) is 1.18. The summed E-state index contributed by atoms with van der Waals surface area (Å²) in [4.78, 5) is 50.0. The van der Waals surface area contributed by atoms with Gasteiger partial charge in [0.15, 0.2) is 0 Å². The van der Waals surface area contributed by atoms with Crippen molar-refractivity contribution in [2.45, 2.75) is 13.8 Å². The second-order valence-electron chi connectivity index (χ2n) is 6.83. The van der Waals surface area contributed by atoms with E-state index >= 15 is 0 Å². The number of aryl methyl sites for hydroxylation is 2. The summed E-state index contributed by atoms with van der Waals surface area (Å²) in [6.45, 7) is 3.36. The maximum Gasteiger partial charge on any atom is 0.274 e. The van der Waals surface area contributed by atoms with Crippen molar-refractivity contribution >= 4 is 34.6 Å². The lowest BCUT2D eigenvalue weighted by Gasteiger charge is -2.10. The fourth-order valence-corrected chi connectivity index (χ4v) is 2.78. The van der Waals surface area contributed by atoms with Gasteiger partial charge >= 0.3 is 0 Å². The number of amides is 2. The third-order valence-electron chi connectivity index (χ3n) is 4.57. The zero-order valence-electron chi connectivity index (χ0n) is 17.0. The molecule has 0 saturated carbocycles. The number of nitro benzene ring substituents is 2. The molecule has 11 heteroatoms. The van der Waals surface area contributed by atoms with E-state index in [1.165, 1.54) is 54.6 Å². The number of pyridine rings is 1. The van der Waals surface area contributed by atoms with Crippen LogP contribution >= 0.6 is 0 Å². The summed E-state index contributed by atoms with van der Waals surface area (Å²) in [7, 11) is 0. The molecule has 0 saturated heterocycles. The average Bonchev–Trinajstić information content (AvgIpc) is 2.76. The first kappa shape index (κ1) is 22.0. The molecule has 11 nitrogen and oxygen atoms in total. The van der Waals surface area contributed by atoms with E-state index in [9.17, 15) is 29.8 Å². The van der Waals surface area contributed by atoms with Gasteiger partial charge in [-0.05, 0) is 37.1 Å². The molecule has 32 heavy (non-hydrogen) atoms. The molecule has 3 aromatic rings. The molecule has 0 aliphatic heterocycles. The summed E-state index contributed by atoms with van der Waals surface area (Å²) in [5, 5.41) is 27.0. The molecule has 162 valence electrons. The van der Waals surface area contributed by atoms with Crippen LogP contribution in [-0.4, -0.2) is 26.6 Å². The van der Waals surface area contributed by atoms with Crippen molar-refractivity contribution in [2.24, 2.45) is 0 Å². The number of nitrogens with one attached hydrogen (secondary N) is 2. The minimum Gasteiger partial charge on any atom is -0.320 e. The molecule has 3 rings (SSSR count). The maximum atomic E-state index is 12.6. The molecular weight excluding hydrogens is 418 g/mol. The van der Waals surface area contributed by atoms with Crippen molar-refractivity contribution in [3.8, 4) is 0 Å². The van der Waals surface area contributed by atoms with Crippen LogP contribution in [0.2, 0.25) is 0 Å². The van der Waals surface area contributed by atoms with E-state index in [4.69, 9.17) is 0 Å². The summed E-state index contributed by atoms with van der Waals surface area (Å²) in [6.07, 6.45) is 0. The van der Waals surface area contributed by atoms with Gasteiger partial charge in [0.25, 0.3) is 23.2 Å². The van der Waals surface area contributed by atoms with Crippen molar-refractivity contribution < 1.29 is 19.4 Å². The van der Waals surface area contributed by atoms with Crippen molar-refractivity contribution in [1.82, 2.24) is 4.98 Å². The highest BCUT2D eigenvalue weighted by Gasteiger charge is 2.17. The molecule has 0 bridgehead atoms. The molecule has 0 fully saturated rings. The zero-order valence-corrected chi connectivity index (χ0v) is 17.0. The number of carbonyl (C=O) groups is 2. The van der Waals surface area contributed by atoms with E-state index in [0.717, 1.165) is 0 Å². The Balaban J connectivity index is 1.81. The monoisotopic (exact) mass is 435 g/mol. The van der Waals surface area contributed by atoms with Gasteiger partial charge in [-0.25, -0.2) is 4.98 Å². The Labute approximate surface area is 181 Å². The lowest BCUT2D eigenvalue weighted by molar-refractivity contribution is -0.385. The molecule has 1 aromatic heterocycles. The lowest BCUT2D eigenvalue weighted by atomic mass is 10.1. The number of rotatable bonds is 6. The average molecular weight is 435 g/mol. The van der Waals surface area contributed by atoms with Crippen LogP contribution in [0.3, 0.4) is 0 Å². The van der Waals surface area contributed by atoms with Gasteiger partial charge in [0.1, 0.15) is 11.4 Å². The van der Waals surface area contributed by atoms with Crippen LogP contribution in [0.1, 0.15) is 32.1 Å². The molecular formula is C21H17N5O6. The van der Waals surface area contributed by atoms with E-state index in [-0.39, 0.29) is 34.1 Å². The summed E-state index contributed by atoms with van der Waals surface area (Å²) in [6, 6.07) is 12.4. The minimum atomic E-state index is -0.658. The van der Waals surface area contributed by atoms with E-state index in [0.29, 0.717) is 11.1 Å². The number of hydrogen-bond donors (Lipinski definition) is 2. The fraction of sp³-hybridized carbons (Fsp3) is 0.0952. The predicted octanol–water partition coefficient (Wildman–Crippen LogP) is 4.02. The predicted molar refractivity (Wildman–Crippen MR) is 116 cm³/mol. The Morgan fingerprint density at radius 2 is 1.16 bits per heavy atom. The van der Waals surface area contributed by atoms with Crippen molar-refractivity contribution in [3.05, 3.63) is 97.3 Å². The van der Waals surface area contributed by atoms with Crippen molar-refractivity contribution in [1.29, 1.82) is 0 Å². The van der Waals surface area contributed by atoms with Gasteiger partial charge in [0.05, 0.1) is 21.2 Å². The van der Waals surface area contributed by atoms with Gasteiger partial charge in [0, 0.05) is 24.3 Å². The fourth-order valence-electron chi connectivity index (χ4n) is 2.78. The number of non-ortho nitro benzene ring substituents is 2. The van der Waals surface area contributed by atoms with E-state index in [1.807, 2.05) is 0 Å². The Bertz CT molecular complexity index is 1160. The van der Waals surface area contributed by atoms with Gasteiger partial charge in [-0.2, -0.15) is 0 Å².